The van der Waals surface area contributed by atoms with Gasteiger partial charge in [0.1, 0.15) is 0 Å². The second kappa shape index (κ2) is 4.99. The molecule has 0 fully saturated rings. The van der Waals surface area contributed by atoms with Crippen LogP contribution in [0.3, 0.4) is 0 Å². The molecule has 0 spiro atoms. The molecule has 0 amide bonds. The number of allylic oxidation sites excluding steroid dienone is 1. The van der Waals surface area contributed by atoms with Crippen LogP contribution in [-0.2, 0) is 0 Å². The molecule has 0 aromatic rings. The smallest absolute Gasteiger partial charge is 0.0240 e. The summed E-state index contributed by atoms with van der Waals surface area (Å²) in [6.07, 6.45) is 2.11. The van der Waals surface area contributed by atoms with Crippen LogP contribution < -0.4 is 11.1 Å². The molecule has 0 aliphatic carbocycles. The first-order valence-electron chi connectivity index (χ1n) is 3.38. The van der Waals surface area contributed by atoms with Crippen LogP contribution >= 0.6 is 0 Å². The van der Waals surface area contributed by atoms with Crippen molar-refractivity contribution in [2.45, 2.75) is 13.3 Å². The minimum Gasteiger partial charge on any atom is -0.402 e. The van der Waals surface area contributed by atoms with Gasteiger partial charge in [0.2, 0.25) is 0 Å². The lowest BCUT2D eigenvalue weighted by Crippen LogP contribution is -2.15. The van der Waals surface area contributed by atoms with E-state index in [0.717, 1.165) is 17.7 Å². The minimum atomic E-state index is 0.684. The third-order valence-corrected chi connectivity index (χ3v) is 1.33. The van der Waals surface area contributed by atoms with E-state index in [1.165, 1.54) is 6.21 Å². The molecule has 0 unspecified atom stereocenters. The average molecular weight is 141 g/mol. The van der Waals surface area contributed by atoms with Crippen molar-refractivity contribution in [2.75, 3.05) is 13.6 Å². The van der Waals surface area contributed by atoms with Gasteiger partial charge in [-0.1, -0.05) is 6.92 Å². The zero-order valence-electron chi connectivity index (χ0n) is 6.57. The lowest BCUT2D eigenvalue weighted by atomic mass is 10.2. The van der Waals surface area contributed by atoms with Crippen LogP contribution in [0.4, 0.5) is 0 Å². The molecule has 0 saturated carbocycles. The fraction of sp³-hybridized carbons (Fsp3) is 0.571. The van der Waals surface area contributed by atoms with E-state index in [4.69, 9.17) is 11.1 Å². The summed E-state index contributed by atoms with van der Waals surface area (Å²) in [7, 11) is 1.84. The van der Waals surface area contributed by atoms with E-state index >= 15 is 0 Å². The number of rotatable bonds is 4. The molecule has 0 atom stereocenters. The number of hydrogen-bond donors (Lipinski definition) is 3. The zero-order valence-corrected chi connectivity index (χ0v) is 6.57. The molecule has 0 saturated heterocycles. The molecule has 0 aromatic carbocycles. The summed E-state index contributed by atoms with van der Waals surface area (Å²) in [5.41, 5.74) is 7.28. The van der Waals surface area contributed by atoms with Gasteiger partial charge < -0.3 is 16.5 Å². The summed E-state index contributed by atoms with van der Waals surface area (Å²) in [6, 6.07) is 0. The van der Waals surface area contributed by atoms with Gasteiger partial charge in [0.15, 0.2) is 0 Å². The molecule has 0 aliphatic rings. The normalized spacial score (nSPS) is 12.6. The molecule has 3 nitrogen and oxygen atoms in total. The third kappa shape index (κ3) is 2.64. The van der Waals surface area contributed by atoms with Gasteiger partial charge in [0.05, 0.1) is 0 Å². The molecule has 58 valence electrons. The van der Waals surface area contributed by atoms with Crippen molar-refractivity contribution in [1.29, 1.82) is 5.41 Å². The van der Waals surface area contributed by atoms with Gasteiger partial charge in [-0.05, 0) is 13.5 Å². The van der Waals surface area contributed by atoms with Gasteiger partial charge in [0.25, 0.3) is 0 Å². The molecule has 0 rings (SSSR count). The molecule has 0 aromatic heterocycles. The van der Waals surface area contributed by atoms with E-state index in [2.05, 4.69) is 5.32 Å². The first kappa shape index (κ1) is 9.17. The molecule has 4 N–H and O–H groups in total. The Morgan fingerprint density at radius 2 is 2.30 bits per heavy atom. The van der Waals surface area contributed by atoms with E-state index in [1.807, 2.05) is 14.0 Å². The molecule has 0 bridgehead atoms. The van der Waals surface area contributed by atoms with Crippen molar-refractivity contribution in [3.8, 4) is 0 Å². The summed E-state index contributed by atoms with van der Waals surface area (Å²) in [5, 5.41) is 9.94. The van der Waals surface area contributed by atoms with Crippen molar-refractivity contribution < 1.29 is 0 Å². The summed E-state index contributed by atoms with van der Waals surface area (Å²) >= 11 is 0. The fourth-order valence-corrected chi connectivity index (χ4v) is 0.675. The van der Waals surface area contributed by atoms with E-state index in [1.54, 1.807) is 0 Å². The van der Waals surface area contributed by atoms with E-state index in [-0.39, 0.29) is 0 Å². The Bertz CT molecular complexity index is 138. The van der Waals surface area contributed by atoms with Gasteiger partial charge in [-0.15, -0.1) is 0 Å². The Labute approximate surface area is 61.8 Å². The van der Waals surface area contributed by atoms with Crippen LogP contribution in [0.25, 0.3) is 0 Å². The second-order valence-corrected chi connectivity index (χ2v) is 2.08. The molecule has 10 heavy (non-hydrogen) atoms. The highest BCUT2D eigenvalue weighted by Crippen LogP contribution is 1.97. The molecule has 3 heteroatoms. The highest BCUT2D eigenvalue weighted by molar-refractivity contribution is 5.77. The predicted molar refractivity (Wildman–Crippen MR) is 44.2 cm³/mol. The highest BCUT2D eigenvalue weighted by Gasteiger charge is 1.95. The molecular weight excluding hydrogens is 126 g/mol. The largest absolute Gasteiger partial charge is 0.402 e. The maximum absolute atomic E-state index is 6.99. The predicted octanol–water partition coefficient (Wildman–Crippen LogP) is 0.478. The van der Waals surface area contributed by atoms with Crippen LogP contribution in [-0.4, -0.2) is 19.8 Å². The summed E-state index contributed by atoms with van der Waals surface area (Å²) < 4.78 is 0. The third-order valence-electron chi connectivity index (χ3n) is 1.33. The molecule has 0 aliphatic heterocycles. The van der Waals surface area contributed by atoms with Crippen LogP contribution in [0, 0.1) is 5.41 Å². The Morgan fingerprint density at radius 1 is 1.70 bits per heavy atom. The lowest BCUT2D eigenvalue weighted by molar-refractivity contribution is 0.881. The van der Waals surface area contributed by atoms with E-state index < -0.39 is 0 Å². The maximum atomic E-state index is 6.99. The number of nitrogens with one attached hydrogen (secondary N) is 2. The average Bonchev–Trinajstić information content (AvgIpc) is 1.99. The fourth-order valence-electron chi connectivity index (χ4n) is 0.675. The van der Waals surface area contributed by atoms with Crippen molar-refractivity contribution in [3.05, 3.63) is 11.3 Å². The molecular formula is C7H15N3. The topological polar surface area (TPSA) is 61.9 Å². The summed E-state index contributed by atoms with van der Waals surface area (Å²) in [4.78, 5) is 0. The highest BCUT2D eigenvalue weighted by atomic mass is 14.8. The SMILES string of the molecule is CC/C(N)=C(/C=N)CNC. The van der Waals surface area contributed by atoms with Crippen LogP contribution in [0.5, 0.6) is 0 Å². The van der Waals surface area contributed by atoms with Crippen molar-refractivity contribution in [1.82, 2.24) is 5.32 Å². The standard InChI is InChI=1S/C7H15N3/c1-3-7(9)6(4-8)5-10-2/h4,8,10H,3,5,9H2,1-2H3/b7-6+,8-4?. The monoisotopic (exact) mass is 141 g/mol. The quantitative estimate of drug-likeness (QED) is 0.499. The molecule has 0 heterocycles. The Morgan fingerprint density at radius 3 is 2.60 bits per heavy atom. The first-order chi connectivity index (χ1) is 4.76. The number of hydrogen-bond acceptors (Lipinski definition) is 3. The molecule has 0 radical (unpaired) electrons. The van der Waals surface area contributed by atoms with Gasteiger partial charge in [-0.2, -0.15) is 0 Å². The van der Waals surface area contributed by atoms with Crippen molar-refractivity contribution in [3.63, 3.8) is 0 Å². The van der Waals surface area contributed by atoms with Crippen molar-refractivity contribution >= 4 is 6.21 Å². The van der Waals surface area contributed by atoms with Gasteiger partial charge >= 0.3 is 0 Å². The second-order valence-electron chi connectivity index (χ2n) is 2.08. The lowest BCUT2D eigenvalue weighted by Gasteiger charge is -2.03. The van der Waals surface area contributed by atoms with Gasteiger partial charge in [0, 0.05) is 24.0 Å². The Balaban J connectivity index is 4.14. The number of likely N-dealkylation sites (N-methyl/N-ethyl adjacent to an activating group) is 1. The number of nitrogens with two attached hydrogens (primary N) is 1. The van der Waals surface area contributed by atoms with E-state index in [0.29, 0.717) is 6.54 Å². The summed E-state index contributed by atoms with van der Waals surface area (Å²) in [5.74, 6) is 0. The first-order valence-corrected chi connectivity index (χ1v) is 3.38. The van der Waals surface area contributed by atoms with Crippen LogP contribution in [0.2, 0.25) is 0 Å². The minimum absolute atomic E-state index is 0.684. The van der Waals surface area contributed by atoms with Crippen LogP contribution in [0.1, 0.15) is 13.3 Å². The van der Waals surface area contributed by atoms with E-state index in [9.17, 15) is 0 Å². The van der Waals surface area contributed by atoms with Crippen molar-refractivity contribution in [2.24, 2.45) is 5.73 Å². The maximum Gasteiger partial charge on any atom is 0.0240 e. The summed E-state index contributed by atoms with van der Waals surface area (Å²) in [6.45, 7) is 2.66. The van der Waals surface area contributed by atoms with Gasteiger partial charge in [-0.3, -0.25) is 0 Å². The van der Waals surface area contributed by atoms with Crippen LogP contribution in [0.15, 0.2) is 11.3 Å². The zero-order chi connectivity index (χ0) is 7.98. The Kier molecular flexibility index (Phi) is 4.58. The Hall–Kier alpha value is -0.830. The van der Waals surface area contributed by atoms with Gasteiger partial charge in [-0.25, -0.2) is 0 Å².